The number of aryl methyl sites for hydroxylation is 1. The molecule has 4 rings (SSSR count). The number of benzene rings is 1. The number of nitrogens with one attached hydrogen (secondary N) is 1. The maximum atomic E-state index is 13.4. The summed E-state index contributed by atoms with van der Waals surface area (Å²) in [5, 5.41) is 3.02. The summed E-state index contributed by atoms with van der Waals surface area (Å²) in [5.74, 6) is 0.634. The first-order chi connectivity index (χ1) is 15.1. The van der Waals surface area contributed by atoms with E-state index in [4.69, 9.17) is 13.9 Å². The van der Waals surface area contributed by atoms with Crippen LogP contribution in [0, 0.1) is 12.7 Å². The van der Waals surface area contributed by atoms with Crippen LogP contribution in [0.25, 0.3) is 0 Å². The molecule has 1 aromatic heterocycles. The van der Waals surface area contributed by atoms with Crippen LogP contribution < -0.4 is 5.32 Å². The molecule has 0 spiro atoms. The van der Waals surface area contributed by atoms with Gasteiger partial charge in [0, 0.05) is 38.3 Å². The molecule has 0 radical (unpaired) electrons. The van der Waals surface area contributed by atoms with Crippen LogP contribution in [-0.2, 0) is 16.0 Å². The third kappa shape index (κ3) is 5.71. The summed E-state index contributed by atoms with van der Waals surface area (Å²) >= 11 is 0. The van der Waals surface area contributed by atoms with Gasteiger partial charge in [0.15, 0.2) is 5.76 Å². The number of morpholine rings is 2. The minimum absolute atomic E-state index is 0.0588. The molecule has 0 aliphatic carbocycles. The zero-order chi connectivity index (χ0) is 21.6. The van der Waals surface area contributed by atoms with Crippen LogP contribution in [-0.4, -0.2) is 74.9 Å². The van der Waals surface area contributed by atoms with Gasteiger partial charge in [-0.25, -0.2) is 4.39 Å². The van der Waals surface area contributed by atoms with Crippen LogP contribution in [0.2, 0.25) is 0 Å². The Hall–Kier alpha value is -2.26. The first-order valence-corrected chi connectivity index (χ1v) is 10.8. The van der Waals surface area contributed by atoms with Gasteiger partial charge in [-0.05, 0) is 30.7 Å². The summed E-state index contributed by atoms with van der Waals surface area (Å²) in [5.41, 5.74) is 1.79. The molecule has 2 saturated heterocycles. The van der Waals surface area contributed by atoms with Crippen LogP contribution in [0.1, 0.15) is 33.5 Å². The number of nitrogens with zero attached hydrogens (tertiary/aromatic N) is 2. The lowest BCUT2D eigenvalue weighted by atomic mass is 10.0. The summed E-state index contributed by atoms with van der Waals surface area (Å²) < 4.78 is 30.2. The molecule has 1 atom stereocenters. The molecule has 1 unspecified atom stereocenters. The second kappa shape index (κ2) is 10.4. The van der Waals surface area contributed by atoms with Gasteiger partial charge in [0.1, 0.15) is 11.6 Å². The van der Waals surface area contributed by atoms with Gasteiger partial charge in [-0.15, -0.1) is 0 Å². The van der Waals surface area contributed by atoms with E-state index in [1.54, 1.807) is 12.1 Å². The lowest BCUT2D eigenvalue weighted by Gasteiger charge is -2.34. The highest BCUT2D eigenvalue weighted by molar-refractivity contribution is 5.92. The molecular weight excluding hydrogens is 401 g/mol. The fraction of sp³-hybridized carbons (Fsp3) is 0.522. The van der Waals surface area contributed by atoms with E-state index in [0.29, 0.717) is 32.1 Å². The summed E-state index contributed by atoms with van der Waals surface area (Å²) in [6.07, 6.45) is 0. The van der Waals surface area contributed by atoms with Crippen molar-refractivity contribution in [3.8, 4) is 0 Å². The summed E-state index contributed by atoms with van der Waals surface area (Å²) in [6.45, 7) is 8.96. The second-order valence-corrected chi connectivity index (χ2v) is 8.04. The van der Waals surface area contributed by atoms with Crippen molar-refractivity contribution < 1.29 is 23.1 Å². The SMILES string of the molecule is Cc1cc(CN2CCOCC2)oc1C(=O)NCC(c1ccc(F)cc1)N1CCOCC1. The molecule has 2 aliphatic heterocycles. The Morgan fingerprint density at radius 1 is 1.06 bits per heavy atom. The Bertz CT molecular complexity index is 858. The topological polar surface area (TPSA) is 67.2 Å². The molecule has 2 aliphatic rings. The molecule has 0 bridgehead atoms. The van der Waals surface area contributed by atoms with Gasteiger partial charge < -0.3 is 19.2 Å². The van der Waals surface area contributed by atoms with Crippen molar-refractivity contribution in [2.75, 3.05) is 59.2 Å². The van der Waals surface area contributed by atoms with Crippen molar-refractivity contribution in [2.45, 2.75) is 19.5 Å². The molecule has 31 heavy (non-hydrogen) atoms. The van der Waals surface area contributed by atoms with Gasteiger partial charge in [-0.2, -0.15) is 0 Å². The number of ether oxygens (including phenoxy) is 2. The van der Waals surface area contributed by atoms with Crippen molar-refractivity contribution in [3.63, 3.8) is 0 Å². The monoisotopic (exact) mass is 431 g/mol. The third-order valence-corrected chi connectivity index (χ3v) is 5.86. The van der Waals surface area contributed by atoms with Crippen LogP contribution in [0.4, 0.5) is 4.39 Å². The smallest absolute Gasteiger partial charge is 0.287 e. The molecule has 0 saturated carbocycles. The van der Waals surface area contributed by atoms with Gasteiger partial charge in [-0.3, -0.25) is 14.6 Å². The minimum atomic E-state index is -0.271. The zero-order valence-electron chi connectivity index (χ0n) is 17.9. The normalized spacial score (nSPS) is 19.3. The lowest BCUT2D eigenvalue weighted by molar-refractivity contribution is 0.0161. The number of carbonyl (C=O) groups is 1. The Balaban J connectivity index is 1.41. The molecule has 3 heterocycles. The molecule has 1 N–H and O–H groups in total. The number of amides is 1. The molecular formula is C23H30FN3O4. The van der Waals surface area contributed by atoms with Crippen LogP contribution in [0.15, 0.2) is 34.7 Å². The third-order valence-electron chi connectivity index (χ3n) is 5.86. The summed E-state index contributed by atoms with van der Waals surface area (Å²) in [6, 6.07) is 8.35. The number of rotatable bonds is 7. The summed E-state index contributed by atoms with van der Waals surface area (Å²) in [7, 11) is 0. The highest BCUT2D eigenvalue weighted by Crippen LogP contribution is 2.23. The number of furan rings is 1. The first-order valence-electron chi connectivity index (χ1n) is 10.8. The molecule has 8 heteroatoms. The average molecular weight is 432 g/mol. The second-order valence-electron chi connectivity index (χ2n) is 8.04. The van der Waals surface area contributed by atoms with E-state index in [2.05, 4.69) is 15.1 Å². The van der Waals surface area contributed by atoms with Gasteiger partial charge in [0.25, 0.3) is 5.91 Å². The first kappa shape index (κ1) is 22.0. The molecule has 7 nitrogen and oxygen atoms in total. The van der Waals surface area contributed by atoms with Gasteiger partial charge >= 0.3 is 0 Å². The molecule has 2 aromatic rings. The van der Waals surface area contributed by atoms with Gasteiger partial charge in [-0.1, -0.05) is 12.1 Å². The van der Waals surface area contributed by atoms with Crippen LogP contribution in [0.5, 0.6) is 0 Å². The standard InChI is InChI=1S/C23H30FN3O4/c1-17-14-20(16-26-6-10-29-11-7-26)31-22(17)23(28)25-15-21(27-8-12-30-13-9-27)18-2-4-19(24)5-3-18/h2-5,14,21H,6-13,15-16H2,1H3,(H,25,28). The van der Waals surface area contributed by atoms with E-state index in [1.807, 2.05) is 13.0 Å². The minimum Gasteiger partial charge on any atom is -0.454 e. The molecule has 2 fully saturated rings. The fourth-order valence-electron chi connectivity index (χ4n) is 4.13. The largest absolute Gasteiger partial charge is 0.454 e. The van der Waals surface area contributed by atoms with E-state index in [9.17, 15) is 9.18 Å². The molecule has 1 amide bonds. The number of hydrogen-bond acceptors (Lipinski definition) is 6. The highest BCUT2D eigenvalue weighted by atomic mass is 19.1. The number of halogens is 1. The predicted molar refractivity (Wildman–Crippen MR) is 113 cm³/mol. The maximum absolute atomic E-state index is 13.4. The van der Waals surface area contributed by atoms with E-state index in [-0.39, 0.29) is 17.8 Å². The fourth-order valence-corrected chi connectivity index (χ4v) is 4.13. The van der Waals surface area contributed by atoms with E-state index in [0.717, 1.165) is 56.3 Å². The summed E-state index contributed by atoms with van der Waals surface area (Å²) in [4.78, 5) is 17.4. The molecule has 1 aromatic carbocycles. The van der Waals surface area contributed by atoms with Crippen molar-refractivity contribution in [2.24, 2.45) is 0 Å². The lowest BCUT2D eigenvalue weighted by Crippen LogP contribution is -2.43. The van der Waals surface area contributed by atoms with E-state index in [1.165, 1.54) is 12.1 Å². The predicted octanol–water partition coefficient (Wildman–Crippen LogP) is 2.36. The Labute approximate surface area is 182 Å². The average Bonchev–Trinajstić information content (AvgIpc) is 3.16. The number of carbonyl (C=O) groups excluding carboxylic acids is 1. The number of hydrogen-bond donors (Lipinski definition) is 1. The van der Waals surface area contributed by atoms with Crippen LogP contribution in [0.3, 0.4) is 0 Å². The van der Waals surface area contributed by atoms with Gasteiger partial charge in [0.2, 0.25) is 0 Å². The zero-order valence-corrected chi connectivity index (χ0v) is 17.9. The molecule has 168 valence electrons. The maximum Gasteiger partial charge on any atom is 0.287 e. The van der Waals surface area contributed by atoms with Gasteiger partial charge in [0.05, 0.1) is 39.0 Å². The highest BCUT2D eigenvalue weighted by Gasteiger charge is 2.25. The van der Waals surface area contributed by atoms with Crippen molar-refractivity contribution >= 4 is 5.91 Å². The van der Waals surface area contributed by atoms with E-state index >= 15 is 0 Å². The van der Waals surface area contributed by atoms with Crippen molar-refractivity contribution in [3.05, 3.63) is 58.8 Å². The Morgan fingerprint density at radius 3 is 2.39 bits per heavy atom. The Kier molecular flexibility index (Phi) is 7.34. The Morgan fingerprint density at radius 2 is 1.71 bits per heavy atom. The van der Waals surface area contributed by atoms with Crippen LogP contribution >= 0.6 is 0 Å². The van der Waals surface area contributed by atoms with Crippen molar-refractivity contribution in [1.82, 2.24) is 15.1 Å². The van der Waals surface area contributed by atoms with Crippen molar-refractivity contribution in [1.29, 1.82) is 0 Å². The van der Waals surface area contributed by atoms with E-state index < -0.39 is 0 Å². The quantitative estimate of drug-likeness (QED) is 0.726.